The summed E-state index contributed by atoms with van der Waals surface area (Å²) in [6.07, 6.45) is 88.5. The van der Waals surface area contributed by atoms with Crippen molar-refractivity contribution in [3.63, 3.8) is 0 Å². The summed E-state index contributed by atoms with van der Waals surface area (Å²) in [6, 6.07) is 0. The Morgan fingerprint density at radius 1 is 0.274 bits per heavy atom. The fraction of sp³-hybridized carbons (Fsp3) is 0.701. The lowest BCUT2D eigenvalue weighted by Crippen LogP contribution is -2.30. The molecule has 0 fully saturated rings. The van der Waals surface area contributed by atoms with E-state index in [-0.39, 0.29) is 25.7 Å². The first-order valence-electron chi connectivity index (χ1n) is 41.4. The molecular weight excluding hydrogens is 1380 g/mol. The molecule has 608 valence electrons. The Bertz CT molecular complexity index is 2530. The maximum atomic E-state index is 13.1. The Labute approximate surface area is 644 Å². The number of ether oxygens (including phenoxy) is 4. The molecule has 0 amide bonds. The average Bonchev–Trinajstić information content (AvgIpc) is 0.902. The van der Waals surface area contributed by atoms with Gasteiger partial charge in [0, 0.05) is 25.7 Å². The lowest BCUT2D eigenvalue weighted by molar-refractivity contribution is -0.161. The second-order valence-electron chi connectivity index (χ2n) is 27.3. The van der Waals surface area contributed by atoms with Crippen molar-refractivity contribution in [3.8, 4) is 0 Å². The molecule has 0 aliphatic heterocycles. The SMILES string of the molecule is CC/C=C\C/C=C\C/C=C\C/C=C\C/C=C\CCCCCC(=O)OC[C@H](COP(=O)(O)OC[C@@H](O)COP(=O)(O)OC[C@@H](COC(=O)CCCCCCC/C=C\CCCCCCCC)OC(=O)CCCCCCCCC/C=C\CCCCCC)OC(=O)CCC/C=C\C/C=C\C/C=C\C/C=C\CCCCC. The third-order valence-electron chi connectivity index (χ3n) is 17.1. The number of carbonyl (C=O) groups excluding carboxylic acids is 4. The molecule has 0 aromatic carbocycles. The zero-order chi connectivity index (χ0) is 77.4. The maximum Gasteiger partial charge on any atom is 0.472 e. The van der Waals surface area contributed by atoms with Crippen molar-refractivity contribution >= 4 is 39.5 Å². The number of esters is 4. The number of unbranched alkanes of at least 4 members (excludes halogenated alkanes) is 29. The van der Waals surface area contributed by atoms with Gasteiger partial charge in [-0.3, -0.25) is 37.3 Å². The summed E-state index contributed by atoms with van der Waals surface area (Å²) < 4.78 is 68.6. The number of carbonyl (C=O) groups is 4. The van der Waals surface area contributed by atoms with E-state index in [0.717, 1.165) is 167 Å². The molecule has 2 unspecified atom stereocenters. The Hall–Kier alpha value is -4.80. The number of allylic oxidation sites excluding steroid dienone is 22. The van der Waals surface area contributed by atoms with Crippen LogP contribution in [0.2, 0.25) is 0 Å². The lowest BCUT2D eigenvalue weighted by Gasteiger charge is -2.21. The maximum absolute atomic E-state index is 13.1. The summed E-state index contributed by atoms with van der Waals surface area (Å²) in [7, 11) is -10.00. The van der Waals surface area contributed by atoms with Crippen LogP contribution in [0.25, 0.3) is 0 Å². The van der Waals surface area contributed by atoms with Crippen molar-refractivity contribution in [2.24, 2.45) is 0 Å². The minimum absolute atomic E-state index is 0.00808. The summed E-state index contributed by atoms with van der Waals surface area (Å²) in [5.41, 5.74) is 0. The van der Waals surface area contributed by atoms with Crippen molar-refractivity contribution in [2.75, 3.05) is 39.6 Å². The van der Waals surface area contributed by atoms with Crippen LogP contribution in [0.3, 0.4) is 0 Å². The fourth-order valence-corrected chi connectivity index (χ4v) is 12.3. The molecule has 0 aromatic rings. The summed E-state index contributed by atoms with van der Waals surface area (Å²) in [5, 5.41) is 10.7. The highest BCUT2D eigenvalue weighted by atomic mass is 31.2. The zero-order valence-electron chi connectivity index (χ0n) is 66.6. The van der Waals surface area contributed by atoms with E-state index in [1.807, 2.05) is 12.2 Å². The van der Waals surface area contributed by atoms with Gasteiger partial charge in [-0.25, -0.2) is 9.13 Å². The Balaban J connectivity index is 5.46. The number of rotatable bonds is 77. The number of aliphatic hydroxyl groups excluding tert-OH is 1. The van der Waals surface area contributed by atoms with Gasteiger partial charge in [-0.1, -0.05) is 283 Å². The van der Waals surface area contributed by atoms with Gasteiger partial charge in [0.25, 0.3) is 0 Å². The monoisotopic (exact) mass is 1530 g/mol. The second-order valence-corrected chi connectivity index (χ2v) is 30.2. The van der Waals surface area contributed by atoms with Crippen molar-refractivity contribution in [2.45, 2.75) is 354 Å². The molecule has 0 bridgehead atoms. The van der Waals surface area contributed by atoms with Crippen LogP contribution in [0, 0.1) is 0 Å². The van der Waals surface area contributed by atoms with E-state index < -0.39 is 97.5 Å². The predicted octanol–water partition coefficient (Wildman–Crippen LogP) is 24.4. The molecule has 0 radical (unpaired) electrons. The van der Waals surface area contributed by atoms with Crippen molar-refractivity contribution < 1.29 is 80.2 Å². The van der Waals surface area contributed by atoms with E-state index in [1.165, 1.54) is 83.5 Å². The molecule has 0 spiro atoms. The van der Waals surface area contributed by atoms with Crippen molar-refractivity contribution in [1.82, 2.24) is 0 Å². The highest BCUT2D eigenvalue weighted by Crippen LogP contribution is 2.45. The normalized spacial score (nSPS) is 14.5. The minimum atomic E-state index is -5.01. The van der Waals surface area contributed by atoms with Crippen LogP contribution in [0.15, 0.2) is 134 Å². The van der Waals surface area contributed by atoms with E-state index in [0.29, 0.717) is 32.1 Å². The molecule has 17 nitrogen and oxygen atoms in total. The first kappa shape index (κ1) is 101. The van der Waals surface area contributed by atoms with Crippen LogP contribution in [0.5, 0.6) is 0 Å². The highest BCUT2D eigenvalue weighted by molar-refractivity contribution is 7.47. The van der Waals surface area contributed by atoms with Gasteiger partial charge in [0.2, 0.25) is 0 Å². The smallest absolute Gasteiger partial charge is 0.462 e. The lowest BCUT2D eigenvalue weighted by atomic mass is 10.1. The van der Waals surface area contributed by atoms with E-state index in [1.54, 1.807) is 0 Å². The summed E-state index contributed by atoms with van der Waals surface area (Å²) in [4.78, 5) is 73.1. The molecule has 3 N–H and O–H groups in total. The molecular formula is C87H148O17P2. The van der Waals surface area contributed by atoms with Crippen LogP contribution in [-0.2, 0) is 65.4 Å². The van der Waals surface area contributed by atoms with Gasteiger partial charge in [0.1, 0.15) is 19.3 Å². The molecule has 0 aromatic heterocycles. The first-order chi connectivity index (χ1) is 51.7. The summed E-state index contributed by atoms with van der Waals surface area (Å²) in [6.45, 7) is 4.63. The molecule has 106 heavy (non-hydrogen) atoms. The molecule has 0 saturated heterocycles. The van der Waals surface area contributed by atoms with Gasteiger partial charge < -0.3 is 33.8 Å². The quantitative estimate of drug-likeness (QED) is 0.0169. The van der Waals surface area contributed by atoms with E-state index in [9.17, 15) is 43.2 Å². The van der Waals surface area contributed by atoms with Crippen LogP contribution in [0.1, 0.15) is 336 Å². The molecule has 0 aliphatic carbocycles. The fourth-order valence-electron chi connectivity index (χ4n) is 10.8. The topological polar surface area (TPSA) is 237 Å². The second kappa shape index (κ2) is 78.3. The molecule has 0 rings (SSSR count). The first-order valence-corrected chi connectivity index (χ1v) is 44.4. The predicted molar refractivity (Wildman–Crippen MR) is 436 cm³/mol. The van der Waals surface area contributed by atoms with Crippen LogP contribution < -0.4 is 0 Å². The minimum Gasteiger partial charge on any atom is -0.462 e. The van der Waals surface area contributed by atoms with Crippen LogP contribution >= 0.6 is 15.6 Å². The van der Waals surface area contributed by atoms with Gasteiger partial charge >= 0.3 is 39.5 Å². The Kier molecular flexibility index (Phi) is 74.8. The number of hydrogen-bond donors (Lipinski definition) is 3. The van der Waals surface area contributed by atoms with Crippen molar-refractivity contribution in [1.29, 1.82) is 0 Å². The number of aliphatic hydroxyl groups is 1. The number of phosphoric ester groups is 2. The van der Waals surface area contributed by atoms with Gasteiger partial charge in [0.15, 0.2) is 12.2 Å². The van der Waals surface area contributed by atoms with Gasteiger partial charge in [-0.2, -0.15) is 0 Å². The third kappa shape index (κ3) is 77.4. The van der Waals surface area contributed by atoms with Crippen LogP contribution in [0.4, 0.5) is 0 Å². The van der Waals surface area contributed by atoms with Crippen LogP contribution in [-0.4, -0.2) is 96.7 Å². The highest BCUT2D eigenvalue weighted by Gasteiger charge is 2.30. The molecule has 5 atom stereocenters. The van der Waals surface area contributed by atoms with Crippen molar-refractivity contribution in [3.05, 3.63) is 134 Å². The zero-order valence-corrected chi connectivity index (χ0v) is 68.4. The average molecular weight is 1530 g/mol. The summed E-state index contributed by atoms with van der Waals surface area (Å²) >= 11 is 0. The van der Waals surface area contributed by atoms with E-state index >= 15 is 0 Å². The van der Waals surface area contributed by atoms with Gasteiger partial charge in [0.05, 0.1) is 26.4 Å². The van der Waals surface area contributed by atoms with E-state index in [2.05, 4.69) is 149 Å². The summed E-state index contributed by atoms with van der Waals surface area (Å²) in [5.74, 6) is -2.29. The van der Waals surface area contributed by atoms with Gasteiger partial charge in [-0.05, 0) is 161 Å². The third-order valence-corrected chi connectivity index (χ3v) is 19.0. The molecule has 0 heterocycles. The van der Waals surface area contributed by atoms with E-state index in [4.69, 9.17) is 37.0 Å². The Morgan fingerprint density at radius 2 is 0.500 bits per heavy atom. The molecule has 0 aliphatic rings. The molecule has 0 saturated carbocycles. The number of phosphoric acid groups is 2. The standard InChI is InChI=1S/C87H148O17P2/c1-5-9-13-17-21-25-29-33-37-39-40-42-45-48-52-56-60-64-68-72-85(90)98-78-83(104-87(92)74-70-66-62-58-54-50-46-41-38-34-30-26-22-18-14-10-6-2)80-102-106(95,96)100-76-81(88)75-99-105(93,94)101-79-82(103-86(91)73-69-65-61-57-53-49-44-36-32-28-24-20-16-12-8-4)77-97-84(89)71-67-63-59-55-51-47-43-35-31-27-23-19-15-11-7-3/h9,13,21-22,25-26,28,32-35,37-38,40,42-43,46,48,50,52,58,62,81-83,88H,5-8,10-12,14-20,23-24,27,29-31,36,39,41,44-45,47,49,51,53-57,59-61,63-80H2,1-4H3,(H,93,94)(H,95,96)/b13-9-,25-21-,26-22-,32-28-,37-33-,38-34-,42-40-,43-35-,50-46-,52-48-,62-58-/t81-,82+,83+/m0/s1. The largest absolute Gasteiger partial charge is 0.472 e. The van der Waals surface area contributed by atoms with Gasteiger partial charge in [-0.15, -0.1) is 0 Å². The Morgan fingerprint density at radius 3 is 0.840 bits per heavy atom. The number of hydrogen-bond acceptors (Lipinski definition) is 15. The molecule has 19 heteroatoms.